The molecule has 0 heterocycles. The molecule has 2 nitrogen and oxygen atoms in total. The van der Waals surface area contributed by atoms with Crippen molar-refractivity contribution in [3.63, 3.8) is 0 Å². The maximum atomic E-state index is 6.44. The molecule has 0 spiro atoms. The van der Waals surface area contributed by atoms with Crippen molar-refractivity contribution in [1.82, 2.24) is 0 Å². The quantitative estimate of drug-likeness (QED) is 0.645. The van der Waals surface area contributed by atoms with E-state index in [1.165, 1.54) is 7.16 Å². The fourth-order valence-corrected chi connectivity index (χ4v) is 11.8. The maximum absolute atomic E-state index is 6.44. The van der Waals surface area contributed by atoms with E-state index in [1.54, 1.807) is 0 Å². The summed E-state index contributed by atoms with van der Waals surface area (Å²) in [6.07, 6.45) is 2.02. The van der Waals surface area contributed by atoms with Crippen LogP contribution in [0.4, 0.5) is 0 Å². The van der Waals surface area contributed by atoms with E-state index in [4.69, 9.17) is 6.15 Å². The first-order valence-corrected chi connectivity index (χ1v) is 12.9. The van der Waals surface area contributed by atoms with Gasteiger partial charge in [-0.05, 0) is 0 Å². The SMILES string of the molecule is CCC[O][Sn]([O]CCC)([c]1ccccc1)[c]1ccccc1. The standard InChI is InChI=1S/2C6H5.2C3H7O.Sn/c2*1-2-4-6-5-3-1;2*1-2-3-4;/h2*1-5H;2*2-3H2,1H3;/q;;2*-1;+2. The van der Waals surface area contributed by atoms with Crippen LogP contribution in [0.5, 0.6) is 0 Å². The van der Waals surface area contributed by atoms with Crippen molar-refractivity contribution in [1.29, 1.82) is 0 Å². The number of hydrogen-bond acceptors (Lipinski definition) is 2. The second kappa shape index (κ2) is 8.56. The molecule has 0 atom stereocenters. The van der Waals surface area contributed by atoms with Gasteiger partial charge in [0.05, 0.1) is 0 Å². The average Bonchev–Trinajstić information content (AvgIpc) is 2.57. The summed E-state index contributed by atoms with van der Waals surface area (Å²) >= 11 is -3.50. The Balaban J connectivity index is 2.48. The summed E-state index contributed by atoms with van der Waals surface area (Å²) in [5, 5.41) is 0. The van der Waals surface area contributed by atoms with Gasteiger partial charge in [0.1, 0.15) is 0 Å². The van der Waals surface area contributed by atoms with Gasteiger partial charge in [-0.25, -0.2) is 0 Å². The van der Waals surface area contributed by atoms with Crippen molar-refractivity contribution in [2.75, 3.05) is 13.2 Å². The molecule has 0 amide bonds. The van der Waals surface area contributed by atoms with Crippen molar-refractivity contribution in [3.05, 3.63) is 60.7 Å². The Morgan fingerprint density at radius 2 is 1.05 bits per heavy atom. The first-order chi connectivity index (χ1) is 10.3. The Morgan fingerprint density at radius 3 is 1.38 bits per heavy atom. The van der Waals surface area contributed by atoms with Gasteiger partial charge >= 0.3 is 133 Å². The fraction of sp³-hybridized carbons (Fsp3) is 0.333. The molecule has 0 aliphatic heterocycles. The van der Waals surface area contributed by atoms with E-state index < -0.39 is 19.2 Å². The molecule has 0 N–H and O–H groups in total. The summed E-state index contributed by atoms with van der Waals surface area (Å²) in [7, 11) is 0. The third-order valence-electron chi connectivity index (χ3n) is 3.33. The Morgan fingerprint density at radius 1 is 0.667 bits per heavy atom. The molecule has 0 bridgehead atoms. The Kier molecular flexibility index (Phi) is 6.74. The second-order valence-electron chi connectivity index (χ2n) is 5.05. The zero-order valence-electron chi connectivity index (χ0n) is 12.9. The van der Waals surface area contributed by atoms with Crippen LogP contribution in [-0.4, -0.2) is 32.4 Å². The van der Waals surface area contributed by atoms with Crippen LogP contribution in [0.25, 0.3) is 0 Å². The molecule has 3 heteroatoms. The third-order valence-corrected chi connectivity index (χ3v) is 13.1. The van der Waals surface area contributed by atoms with Gasteiger partial charge in [-0.15, -0.1) is 0 Å². The van der Waals surface area contributed by atoms with Crippen LogP contribution in [0.2, 0.25) is 0 Å². The predicted octanol–water partition coefficient (Wildman–Crippen LogP) is 3.10. The Labute approximate surface area is 133 Å². The van der Waals surface area contributed by atoms with Crippen molar-refractivity contribution in [2.24, 2.45) is 0 Å². The predicted molar refractivity (Wildman–Crippen MR) is 90.4 cm³/mol. The van der Waals surface area contributed by atoms with Gasteiger partial charge in [0.25, 0.3) is 0 Å². The minimum atomic E-state index is -3.50. The van der Waals surface area contributed by atoms with Crippen LogP contribution < -0.4 is 7.16 Å². The first kappa shape index (κ1) is 16.5. The molecule has 2 aromatic rings. The van der Waals surface area contributed by atoms with Gasteiger partial charge in [0.2, 0.25) is 0 Å². The number of benzene rings is 2. The zero-order valence-corrected chi connectivity index (χ0v) is 15.8. The van der Waals surface area contributed by atoms with E-state index in [1.807, 2.05) is 12.1 Å². The molecule has 2 rings (SSSR count). The van der Waals surface area contributed by atoms with Crippen LogP contribution >= 0.6 is 0 Å². The van der Waals surface area contributed by atoms with E-state index in [0.29, 0.717) is 0 Å². The molecular formula is C18H24O2Sn. The molecule has 0 aromatic heterocycles. The molecule has 0 unspecified atom stereocenters. The molecule has 0 radical (unpaired) electrons. The summed E-state index contributed by atoms with van der Waals surface area (Å²) < 4.78 is 15.4. The van der Waals surface area contributed by atoms with Crippen LogP contribution in [-0.2, 0) is 6.15 Å². The molecule has 0 aliphatic rings. The summed E-state index contributed by atoms with van der Waals surface area (Å²) in [5.74, 6) is 0. The summed E-state index contributed by atoms with van der Waals surface area (Å²) in [6, 6.07) is 21.0. The normalized spacial score (nSPS) is 11.5. The molecule has 0 aliphatic carbocycles. The molecule has 0 saturated carbocycles. The second-order valence-corrected chi connectivity index (χ2v) is 13.5. The zero-order chi connectivity index (χ0) is 15.0. The average molecular weight is 391 g/mol. The Bertz CT molecular complexity index is 464. The molecule has 0 saturated heterocycles. The van der Waals surface area contributed by atoms with Crippen molar-refractivity contribution in [2.45, 2.75) is 26.7 Å². The van der Waals surface area contributed by atoms with Crippen LogP contribution in [0.1, 0.15) is 26.7 Å². The van der Waals surface area contributed by atoms with Crippen LogP contribution in [0, 0.1) is 0 Å². The van der Waals surface area contributed by atoms with Gasteiger partial charge < -0.3 is 0 Å². The summed E-state index contributed by atoms with van der Waals surface area (Å²) in [4.78, 5) is 0. The minimum absolute atomic E-state index is 0.754. The number of rotatable bonds is 8. The van der Waals surface area contributed by atoms with Crippen molar-refractivity contribution < 1.29 is 6.15 Å². The van der Waals surface area contributed by atoms with Gasteiger partial charge in [-0.1, -0.05) is 0 Å². The molecular weight excluding hydrogens is 367 g/mol. The van der Waals surface area contributed by atoms with Gasteiger partial charge in [0.15, 0.2) is 0 Å². The summed E-state index contributed by atoms with van der Waals surface area (Å²) in [6.45, 7) is 5.80. The first-order valence-electron chi connectivity index (χ1n) is 7.72. The van der Waals surface area contributed by atoms with Crippen LogP contribution in [0.3, 0.4) is 0 Å². The van der Waals surface area contributed by atoms with E-state index >= 15 is 0 Å². The van der Waals surface area contributed by atoms with Crippen molar-refractivity contribution in [3.8, 4) is 0 Å². The monoisotopic (exact) mass is 392 g/mol. The van der Waals surface area contributed by atoms with E-state index in [2.05, 4.69) is 62.4 Å². The van der Waals surface area contributed by atoms with Crippen molar-refractivity contribution >= 4 is 26.4 Å². The van der Waals surface area contributed by atoms with E-state index in [0.717, 1.165) is 26.1 Å². The topological polar surface area (TPSA) is 18.5 Å². The van der Waals surface area contributed by atoms with Crippen LogP contribution in [0.15, 0.2) is 60.7 Å². The molecule has 2 aromatic carbocycles. The molecule has 112 valence electrons. The van der Waals surface area contributed by atoms with E-state index in [-0.39, 0.29) is 0 Å². The summed E-state index contributed by atoms with van der Waals surface area (Å²) in [5.41, 5.74) is 0. The molecule has 0 fully saturated rings. The van der Waals surface area contributed by atoms with Gasteiger partial charge in [-0.2, -0.15) is 0 Å². The third kappa shape index (κ3) is 4.09. The molecule has 21 heavy (non-hydrogen) atoms. The van der Waals surface area contributed by atoms with Gasteiger partial charge in [0, 0.05) is 0 Å². The number of hydrogen-bond donors (Lipinski definition) is 0. The van der Waals surface area contributed by atoms with E-state index in [9.17, 15) is 0 Å². The Hall–Kier alpha value is -0.841. The fourth-order valence-electron chi connectivity index (χ4n) is 2.35. The van der Waals surface area contributed by atoms with Gasteiger partial charge in [-0.3, -0.25) is 0 Å².